The molecule has 3 aromatic rings. The molecule has 0 saturated heterocycles. The number of aromatic nitrogens is 3. The van der Waals surface area contributed by atoms with Gasteiger partial charge in [-0.3, -0.25) is 0 Å². The van der Waals surface area contributed by atoms with Gasteiger partial charge < -0.3 is 14.2 Å². The van der Waals surface area contributed by atoms with Crippen LogP contribution in [0.5, 0.6) is 5.75 Å². The van der Waals surface area contributed by atoms with Crippen LogP contribution in [0.4, 0.5) is 0 Å². The highest BCUT2D eigenvalue weighted by atomic mass is 16.7. The van der Waals surface area contributed by atoms with Gasteiger partial charge >= 0.3 is 0 Å². The summed E-state index contributed by atoms with van der Waals surface area (Å²) in [6, 6.07) is 15.6. The molecule has 0 aliphatic rings. The first kappa shape index (κ1) is 16.4. The molecule has 3 rings (SSSR count). The monoisotopic (exact) mass is 327 g/mol. The zero-order chi connectivity index (χ0) is 16.8. The van der Waals surface area contributed by atoms with Crippen molar-refractivity contribution >= 4 is 11.0 Å². The van der Waals surface area contributed by atoms with Gasteiger partial charge in [0.2, 0.25) is 0 Å². The minimum atomic E-state index is -0.348. The van der Waals surface area contributed by atoms with Crippen molar-refractivity contribution < 1.29 is 14.2 Å². The molecule has 0 amide bonds. The lowest BCUT2D eigenvalue weighted by molar-refractivity contribution is -0.152. The van der Waals surface area contributed by atoms with Gasteiger partial charge in [0.05, 0.1) is 11.2 Å². The first-order valence-electron chi connectivity index (χ1n) is 8.08. The number of hydrogen-bond donors (Lipinski definition) is 0. The fourth-order valence-corrected chi connectivity index (χ4v) is 2.42. The first-order chi connectivity index (χ1) is 11.8. The van der Waals surface area contributed by atoms with E-state index in [9.17, 15) is 0 Å². The van der Waals surface area contributed by atoms with E-state index in [0.717, 1.165) is 22.5 Å². The van der Waals surface area contributed by atoms with Crippen LogP contribution < -0.4 is 4.74 Å². The molecule has 0 N–H and O–H groups in total. The SMILES string of the molecule is CCOC(COc1ccc(-n2nnc3ccccc32)cc1)OCC. The molecule has 0 fully saturated rings. The van der Waals surface area contributed by atoms with Crippen LogP contribution in [0, 0.1) is 0 Å². The molecule has 24 heavy (non-hydrogen) atoms. The standard InChI is InChI=1S/C18H21N3O3/c1-3-22-18(23-4-2)13-24-15-11-9-14(10-12-15)21-17-8-6-5-7-16(17)19-20-21/h5-12,18H,3-4,13H2,1-2H3. The summed E-state index contributed by atoms with van der Waals surface area (Å²) < 4.78 is 18.5. The smallest absolute Gasteiger partial charge is 0.191 e. The van der Waals surface area contributed by atoms with Gasteiger partial charge in [-0.1, -0.05) is 17.3 Å². The maximum atomic E-state index is 5.74. The first-order valence-corrected chi connectivity index (χ1v) is 8.08. The minimum absolute atomic E-state index is 0.348. The Kier molecular flexibility index (Phi) is 5.40. The van der Waals surface area contributed by atoms with E-state index in [1.165, 1.54) is 0 Å². The van der Waals surface area contributed by atoms with Crippen LogP contribution in [0.25, 0.3) is 16.7 Å². The second kappa shape index (κ2) is 7.90. The normalized spacial score (nSPS) is 11.3. The molecule has 0 aliphatic heterocycles. The third-order valence-corrected chi connectivity index (χ3v) is 3.52. The molecular formula is C18H21N3O3. The van der Waals surface area contributed by atoms with Crippen LogP contribution in [0.15, 0.2) is 48.5 Å². The van der Waals surface area contributed by atoms with E-state index >= 15 is 0 Å². The fraction of sp³-hybridized carbons (Fsp3) is 0.333. The molecule has 6 nitrogen and oxygen atoms in total. The number of benzene rings is 2. The van der Waals surface area contributed by atoms with Gasteiger partial charge in [0.15, 0.2) is 6.29 Å². The minimum Gasteiger partial charge on any atom is -0.488 e. The van der Waals surface area contributed by atoms with Crippen LogP contribution >= 0.6 is 0 Å². The summed E-state index contributed by atoms with van der Waals surface area (Å²) in [5, 5.41) is 8.37. The number of nitrogens with zero attached hydrogens (tertiary/aromatic N) is 3. The van der Waals surface area contributed by atoms with Crippen LogP contribution in [0.1, 0.15) is 13.8 Å². The van der Waals surface area contributed by atoms with Gasteiger partial charge in [-0.2, -0.15) is 0 Å². The second-order valence-electron chi connectivity index (χ2n) is 5.14. The van der Waals surface area contributed by atoms with Crippen molar-refractivity contribution in [2.75, 3.05) is 19.8 Å². The van der Waals surface area contributed by atoms with Crippen molar-refractivity contribution in [3.8, 4) is 11.4 Å². The highest BCUT2D eigenvalue weighted by Gasteiger charge is 2.09. The Morgan fingerprint density at radius 1 is 0.958 bits per heavy atom. The van der Waals surface area contributed by atoms with E-state index in [-0.39, 0.29) is 6.29 Å². The van der Waals surface area contributed by atoms with E-state index in [4.69, 9.17) is 14.2 Å². The zero-order valence-corrected chi connectivity index (χ0v) is 13.9. The molecule has 0 unspecified atom stereocenters. The second-order valence-corrected chi connectivity index (χ2v) is 5.14. The van der Waals surface area contributed by atoms with E-state index < -0.39 is 0 Å². The third kappa shape index (κ3) is 3.72. The molecule has 0 radical (unpaired) electrons. The molecule has 0 spiro atoms. The molecule has 0 saturated carbocycles. The van der Waals surface area contributed by atoms with E-state index in [0.29, 0.717) is 19.8 Å². The van der Waals surface area contributed by atoms with Crippen LogP contribution in [0.2, 0.25) is 0 Å². The van der Waals surface area contributed by atoms with Gasteiger partial charge in [0.25, 0.3) is 0 Å². The lowest BCUT2D eigenvalue weighted by Crippen LogP contribution is -2.25. The largest absolute Gasteiger partial charge is 0.488 e. The number of hydrogen-bond acceptors (Lipinski definition) is 5. The van der Waals surface area contributed by atoms with Crippen molar-refractivity contribution in [1.29, 1.82) is 0 Å². The van der Waals surface area contributed by atoms with Gasteiger partial charge in [0.1, 0.15) is 17.9 Å². The van der Waals surface area contributed by atoms with Crippen molar-refractivity contribution in [2.45, 2.75) is 20.1 Å². The molecule has 1 aromatic heterocycles. The topological polar surface area (TPSA) is 58.4 Å². The number of ether oxygens (including phenoxy) is 3. The van der Waals surface area contributed by atoms with Crippen molar-refractivity contribution in [3.05, 3.63) is 48.5 Å². The van der Waals surface area contributed by atoms with Gasteiger partial charge in [0, 0.05) is 13.2 Å². The van der Waals surface area contributed by atoms with E-state index in [2.05, 4.69) is 10.3 Å². The van der Waals surface area contributed by atoms with Crippen LogP contribution in [-0.4, -0.2) is 41.1 Å². The van der Waals surface area contributed by atoms with Gasteiger partial charge in [-0.25, -0.2) is 4.68 Å². The lowest BCUT2D eigenvalue weighted by Gasteiger charge is -2.17. The highest BCUT2D eigenvalue weighted by molar-refractivity contribution is 5.75. The molecule has 0 aliphatic carbocycles. The summed E-state index contributed by atoms with van der Waals surface area (Å²) in [5.41, 5.74) is 2.77. The Balaban J connectivity index is 1.69. The summed E-state index contributed by atoms with van der Waals surface area (Å²) in [6.07, 6.45) is -0.348. The maximum Gasteiger partial charge on any atom is 0.191 e. The summed E-state index contributed by atoms with van der Waals surface area (Å²) in [6.45, 7) is 5.40. The number of fused-ring (bicyclic) bond motifs is 1. The van der Waals surface area contributed by atoms with Crippen molar-refractivity contribution in [1.82, 2.24) is 15.0 Å². The molecule has 1 heterocycles. The lowest BCUT2D eigenvalue weighted by atomic mass is 10.2. The van der Waals surface area contributed by atoms with Crippen molar-refractivity contribution in [2.24, 2.45) is 0 Å². The van der Waals surface area contributed by atoms with E-state index in [1.54, 1.807) is 0 Å². The Bertz CT molecular complexity index is 765. The Labute approximate surface area is 140 Å². The van der Waals surface area contributed by atoms with Crippen LogP contribution in [0.3, 0.4) is 0 Å². The Morgan fingerprint density at radius 3 is 2.38 bits per heavy atom. The molecule has 2 aromatic carbocycles. The molecule has 126 valence electrons. The van der Waals surface area contributed by atoms with Crippen LogP contribution in [-0.2, 0) is 9.47 Å². The summed E-state index contributed by atoms with van der Waals surface area (Å²) in [5.74, 6) is 0.757. The Hall–Kier alpha value is -2.44. The highest BCUT2D eigenvalue weighted by Crippen LogP contribution is 2.19. The molecule has 0 bridgehead atoms. The Morgan fingerprint density at radius 2 is 1.67 bits per heavy atom. The quantitative estimate of drug-likeness (QED) is 0.595. The molecule has 0 atom stereocenters. The molecular weight excluding hydrogens is 306 g/mol. The van der Waals surface area contributed by atoms with E-state index in [1.807, 2.05) is 67.1 Å². The number of rotatable bonds is 8. The van der Waals surface area contributed by atoms with Crippen molar-refractivity contribution in [3.63, 3.8) is 0 Å². The average Bonchev–Trinajstić information content (AvgIpc) is 3.05. The van der Waals surface area contributed by atoms with Gasteiger partial charge in [-0.05, 0) is 50.2 Å². The summed E-state index contributed by atoms with van der Waals surface area (Å²) >= 11 is 0. The molecule has 6 heteroatoms. The maximum absolute atomic E-state index is 5.74. The fourth-order valence-electron chi connectivity index (χ4n) is 2.42. The van der Waals surface area contributed by atoms with Gasteiger partial charge in [-0.15, -0.1) is 5.10 Å². The summed E-state index contributed by atoms with van der Waals surface area (Å²) in [4.78, 5) is 0. The predicted molar refractivity (Wildman–Crippen MR) is 91.4 cm³/mol. The zero-order valence-electron chi connectivity index (χ0n) is 13.9. The number of para-hydroxylation sites is 1. The third-order valence-electron chi connectivity index (χ3n) is 3.52. The predicted octanol–water partition coefficient (Wildman–Crippen LogP) is 3.20. The summed E-state index contributed by atoms with van der Waals surface area (Å²) in [7, 11) is 0. The average molecular weight is 327 g/mol.